The van der Waals surface area contributed by atoms with Crippen LogP contribution >= 0.6 is 27.3 Å². The van der Waals surface area contributed by atoms with Crippen LogP contribution in [0, 0.1) is 18.3 Å². The minimum absolute atomic E-state index is 0.102. The number of esters is 1. The average Bonchev–Trinajstić information content (AvgIpc) is 3.28. The van der Waals surface area contributed by atoms with Gasteiger partial charge in [-0.15, -0.1) is 11.3 Å². The molecule has 0 bridgehead atoms. The number of thiophene rings is 1. The largest absolute Gasteiger partial charge is 0.462 e. The quantitative estimate of drug-likeness (QED) is 0.518. The Balaban J connectivity index is 1.84. The zero-order valence-electron chi connectivity index (χ0n) is 15.0. The van der Waals surface area contributed by atoms with E-state index in [9.17, 15) is 14.9 Å². The van der Waals surface area contributed by atoms with Gasteiger partial charge in [-0.05, 0) is 43.7 Å². The molecule has 1 aromatic carbocycles. The fraction of sp³-hybridized carbons (Fsp3) is 0.150. The first kappa shape index (κ1) is 19.9. The van der Waals surface area contributed by atoms with Crippen molar-refractivity contribution in [1.29, 1.82) is 5.26 Å². The smallest absolute Gasteiger partial charge is 0.348 e. The Kier molecular flexibility index (Phi) is 5.97. The van der Waals surface area contributed by atoms with Gasteiger partial charge in [0, 0.05) is 10.0 Å². The summed E-state index contributed by atoms with van der Waals surface area (Å²) in [6.07, 6.45) is 0. The number of furan rings is 1. The monoisotopic (exact) mass is 458 g/mol. The fourth-order valence-corrected chi connectivity index (χ4v) is 3.83. The Labute approximate surface area is 173 Å². The van der Waals surface area contributed by atoms with Crippen LogP contribution in [0.2, 0.25) is 0 Å². The number of amides is 1. The number of halogens is 1. The lowest BCUT2D eigenvalue weighted by Crippen LogP contribution is -2.10. The van der Waals surface area contributed by atoms with E-state index in [1.807, 2.05) is 30.3 Å². The molecule has 0 atom stereocenters. The van der Waals surface area contributed by atoms with Crippen LogP contribution in [-0.2, 0) is 4.74 Å². The number of carbonyl (C=O) groups is 2. The van der Waals surface area contributed by atoms with Crippen LogP contribution in [0.1, 0.15) is 38.3 Å². The second-order valence-corrected chi connectivity index (χ2v) is 7.65. The van der Waals surface area contributed by atoms with E-state index in [1.54, 1.807) is 26.0 Å². The molecule has 0 aliphatic heterocycles. The SMILES string of the molecule is CCOC(=O)c1sc(NC(=O)c2ccc(-c3ccc(Br)cc3)o2)c(C#N)c1C. The lowest BCUT2D eigenvalue weighted by molar-refractivity contribution is 0.0531. The number of hydrogen-bond acceptors (Lipinski definition) is 6. The maximum Gasteiger partial charge on any atom is 0.348 e. The van der Waals surface area contributed by atoms with Crippen LogP contribution in [-0.4, -0.2) is 18.5 Å². The zero-order valence-corrected chi connectivity index (χ0v) is 17.4. The summed E-state index contributed by atoms with van der Waals surface area (Å²) < 4.78 is 11.6. The fourth-order valence-electron chi connectivity index (χ4n) is 2.52. The van der Waals surface area contributed by atoms with Crippen molar-refractivity contribution in [3.05, 3.63) is 62.6 Å². The molecular formula is C20H15BrN2O4S. The van der Waals surface area contributed by atoms with Crippen molar-refractivity contribution >= 4 is 44.1 Å². The van der Waals surface area contributed by atoms with Crippen LogP contribution in [0.5, 0.6) is 0 Å². The van der Waals surface area contributed by atoms with Crippen molar-refractivity contribution in [3.8, 4) is 17.4 Å². The predicted octanol–water partition coefficient (Wildman–Crippen LogP) is 5.38. The molecule has 142 valence electrons. The van der Waals surface area contributed by atoms with Gasteiger partial charge in [0.2, 0.25) is 0 Å². The third-order valence-electron chi connectivity index (χ3n) is 3.90. The molecule has 3 aromatic rings. The van der Waals surface area contributed by atoms with Crippen LogP contribution in [0.25, 0.3) is 11.3 Å². The summed E-state index contributed by atoms with van der Waals surface area (Å²) in [5.74, 6) is -0.368. The number of anilines is 1. The molecule has 8 heteroatoms. The van der Waals surface area contributed by atoms with Crippen LogP contribution in [0.3, 0.4) is 0 Å². The first-order valence-electron chi connectivity index (χ1n) is 8.32. The minimum Gasteiger partial charge on any atom is -0.462 e. The Morgan fingerprint density at radius 1 is 1.25 bits per heavy atom. The van der Waals surface area contributed by atoms with Gasteiger partial charge in [-0.25, -0.2) is 4.79 Å². The Morgan fingerprint density at radius 3 is 2.61 bits per heavy atom. The van der Waals surface area contributed by atoms with Crippen molar-refractivity contribution < 1.29 is 18.7 Å². The maximum absolute atomic E-state index is 12.6. The molecule has 1 amide bonds. The highest BCUT2D eigenvalue weighted by atomic mass is 79.9. The Morgan fingerprint density at radius 2 is 1.96 bits per heavy atom. The van der Waals surface area contributed by atoms with Gasteiger partial charge in [-0.2, -0.15) is 5.26 Å². The Bertz CT molecular complexity index is 1080. The van der Waals surface area contributed by atoms with Gasteiger partial charge in [-0.3, -0.25) is 4.79 Å². The molecule has 2 aromatic heterocycles. The summed E-state index contributed by atoms with van der Waals surface area (Å²) in [5.41, 5.74) is 1.55. The van der Waals surface area contributed by atoms with E-state index >= 15 is 0 Å². The van der Waals surface area contributed by atoms with Crippen LogP contribution in [0.15, 0.2) is 45.3 Å². The second-order valence-electron chi connectivity index (χ2n) is 5.72. The first-order chi connectivity index (χ1) is 13.4. The number of nitrogens with one attached hydrogen (secondary N) is 1. The summed E-state index contributed by atoms with van der Waals surface area (Å²) in [6, 6.07) is 12.8. The van der Waals surface area contributed by atoms with E-state index in [2.05, 4.69) is 21.2 Å². The van der Waals surface area contributed by atoms with Gasteiger partial charge >= 0.3 is 5.97 Å². The molecule has 6 nitrogen and oxygen atoms in total. The van der Waals surface area contributed by atoms with Gasteiger partial charge in [0.25, 0.3) is 5.91 Å². The third kappa shape index (κ3) is 4.01. The molecule has 28 heavy (non-hydrogen) atoms. The van der Waals surface area contributed by atoms with E-state index in [4.69, 9.17) is 9.15 Å². The van der Waals surface area contributed by atoms with E-state index in [0.717, 1.165) is 21.4 Å². The lowest BCUT2D eigenvalue weighted by Gasteiger charge is -2.01. The molecule has 1 N–H and O–H groups in total. The van der Waals surface area contributed by atoms with Gasteiger partial charge < -0.3 is 14.5 Å². The summed E-state index contributed by atoms with van der Waals surface area (Å²) >= 11 is 4.38. The molecular weight excluding hydrogens is 444 g/mol. The first-order valence-corrected chi connectivity index (χ1v) is 9.93. The Hall–Kier alpha value is -2.89. The zero-order chi connectivity index (χ0) is 20.3. The number of rotatable bonds is 5. The minimum atomic E-state index is -0.516. The number of nitriles is 1. The van der Waals surface area contributed by atoms with Gasteiger partial charge in [-0.1, -0.05) is 28.1 Å². The summed E-state index contributed by atoms with van der Waals surface area (Å²) in [6.45, 7) is 3.58. The number of benzene rings is 1. The van der Waals surface area contributed by atoms with Gasteiger partial charge in [0.15, 0.2) is 5.76 Å². The average molecular weight is 459 g/mol. The van der Waals surface area contributed by atoms with E-state index in [1.165, 1.54) is 0 Å². The lowest BCUT2D eigenvalue weighted by atomic mass is 10.2. The standard InChI is InChI=1S/C20H15BrN2O4S/c1-3-26-20(25)17-11(2)14(10-22)19(28-17)23-18(24)16-9-8-15(27-16)12-4-6-13(21)7-5-12/h4-9H,3H2,1-2H3,(H,23,24). The normalized spacial score (nSPS) is 10.4. The number of carbonyl (C=O) groups excluding carboxylic acids is 2. The van der Waals surface area contributed by atoms with Gasteiger partial charge in [0.1, 0.15) is 21.7 Å². The van der Waals surface area contributed by atoms with E-state index in [0.29, 0.717) is 16.2 Å². The van der Waals surface area contributed by atoms with E-state index < -0.39 is 11.9 Å². The van der Waals surface area contributed by atoms with Crippen molar-refractivity contribution in [2.45, 2.75) is 13.8 Å². The summed E-state index contributed by atoms with van der Waals surface area (Å²) in [4.78, 5) is 24.9. The topological polar surface area (TPSA) is 92.3 Å². The molecule has 0 spiro atoms. The summed E-state index contributed by atoms with van der Waals surface area (Å²) in [5, 5.41) is 12.4. The molecule has 0 aliphatic rings. The van der Waals surface area contributed by atoms with Crippen molar-refractivity contribution in [2.75, 3.05) is 11.9 Å². The summed E-state index contributed by atoms with van der Waals surface area (Å²) in [7, 11) is 0. The molecule has 0 unspecified atom stereocenters. The molecule has 3 rings (SSSR count). The van der Waals surface area contributed by atoms with Crippen molar-refractivity contribution in [3.63, 3.8) is 0 Å². The number of ether oxygens (including phenoxy) is 1. The maximum atomic E-state index is 12.6. The highest BCUT2D eigenvalue weighted by Gasteiger charge is 2.23. The van der Waals surface area contributed by atoms with Crippen LogP contribution in [0.4, 0.5) is 5.00 Å². The molecule has 0 saturated carbocycles. The third-order valence-corrected chi connectivity index (χ3v) is 5.62. The van der Waals surface area contributed by atoms with E-state index in [-0.39, 0.29) is 22.9 Å². The highest BCUT2D eigenvalue weighted by Crippen LogP contribution is 2.33. The van der Waals surface area contributed by atoms with Crippen molar-refractivity contribution in [2.24, 2.45) is 0 Å². The molecule has 2 heterocycles. The molecule has 0 saturated heterocycles. The molecule has 0 fully saturated rings. The number of hydrogen-bond donors (Lipinski definition) is 1. The molecule has 0 aliphatic carbocycles. The van der Waals surface area contributed by atoms with Gasteiger partial charge in [0.05, 0.1) is 12.2 Å². The van der Waals surface area contributed by atoms with Crippen molar-refractivity contribution in [1.82, 2.24) is 0 Å². The predicted molar refractivity (Wildman–Crippen MR) is 110 cm³/mol. The number of nitrogens with zero attached hydrogens (tertiary/aromatic N) is 1. The highest BCUT2D eigenvalue weighted by molar-refractivity contribution is 9.10. The second kappa shape index (κ2) is 8.42. The van der Waals surface area contributed by atoms with Crippen LogP contribution < -0.4 is 5.32 Å². The molecule has 0 radical (unpaired) electrons.